The van der Waals surface area contributed by atoms with Crippen LogP contribution < -0.4 is 16.2 Å². The number of aryl methyl sites for hydroxylation is 2. The van der Waals surface area contributed by atoms with E-state index in [0.29, 0.717) is 24.3 Å². The molecule has 3 heterocycles. The van der Waals surface area contributed by atoms with Crippen LogP contribution in [0.15, 0.2) is 59.9 Å². The molecule has 0 aromatic carbocycles. The van der Waals surface area contributed by atoms with Gasteiger partial charge in [0.05, 0.1) is 11.9 Å². The van der Waals surface area contributed by atoms with Gasteiger partial charge in [-0.25, -0.2) is 4.98 Å². The molecule has 0 saturated carbocycles. The molecule has 3 aromatic rings. The van der Waals surface area contributed by atoms with Gasteiger partial charge in [-0.15, -0.1) is 0 Å². The van der Waals surface area contributed by atoms with E-state index in [1.807, 2.05) is 19.1 Å². The zero-order chi connectivity index (χ0) is 19.2. The van der Waals surface area contributed by atoms with E-state index >= 15 is 0 Å². The van der Waals surface area contributed by atoms with Gasteiger partial charge in [-0.05, 0) is 49.2 Å². The van der Waals surface area contributed by atoms with Crippen molar-refractivity contribution in [3.63, 3.8) is 0 Å². The Morgan fingerprint density at radius 3 is 2.63 bits per heavy atom. The first-order valence-electron chi connectivity index (χ1n) is 8.64. The number of aromatic nitrogens is 3. The maximum Gasteiger partial charge on any atom is 0.268 e. The Morgan fingerprint density at radius 2 is 1.89 bits per heavy atom. The molecule has 0 atom stereocenters. The number of nitrogens with zero attached hydrogens (tertiary/aromatic N) is 3. The second-order valence-electron chi connectivity index (χ2n) is 6.11. The van der Waals surface area contributed by atoms with Gasteiger partial charge in [0.2, 0.25) is 0 Å². The van der Waals surface area contributed by atoms with E-state index in [2.05, 4.69) is 20.6 Å². The highest BCUT2D eigenvalue weighted by Gasteiger charge is 2.16. The van der Waals surface area contributed by atoms with Crippen molar-refractivity contribution in [1.29, 1.82) is 0 Å². The van der Waals surface area contributed by atoms with Crippen LogP contribution in [0, 0.1) is 13.8 Å². The lowest BCUT2D eigenvalue weighted by Crippen LogP contribution is -2.35. The van der Waals surface area contributed by atoms with Crippen LogP contribution in [0.3, 0.4) is 0 Å². The largest absolute Gasteiger partial charge is 0.368 e. The fourth-order valence-electron chi connectivity index (χ4n) is 2.72. The first-order chi connectivity index (χ1) is 13.1. The molecular formula is C20H21N5O2. The normalized spacial score (nSPS) is 10.4. The third-order valence-electron chi connectivity index (χ3n) is 4.16. The molecule has 1 amide bonds. The van der Waals surface area contributed by atoms with Gasteiger partial charge in [-0.2, -0.15) is 0 Å². The molecule has 0 unspecified atom stereocenters. The summed E-state index contributed by atoms with van der Waals surface area (Å²) in [6.07, 6.45) is 6.57. The Morgan fingerprint density at radius 1 is 1.07 bits per heavy atom. The minimum absolute atomic E-state index is 0.135. The minimum atomic E-state index is -0.393. The summed E-state index contributed by atoms with van der Waals surface area (Å²) in [7, 11) is 0. The molecule has 0 fully saturated rings. The number of hydrogen-bond acceptors (Lipinski definition) is 5. The van der Waals surface area contributed by atoms with Gasteiger partial charge >= 0.3 is 0 Å². The van der Waals surface area contributed by atoms with E-state index in [1.54, 1.807) is 49.9 Å². The molecule has 3 rings (SSSR count). The Balaban J connectivity index is 1.70. The molecule has 0 bridgehead atoms. The highest BCUT2D eigenvalue weighted by Crippen LogP contribution is 2.09. The monoisotopic (exact) mass is 363 g/mol. The minimum Gasteiger partial charge on any atom is -0.368 e. The van der Waals surface area contributed by atoms with Gasteiger partial charge in [-0.3, -0.25) is 19.1 Å². The van der Waals surface area contributed by atoms with Gasteiger partial charge < -0.3 is 10.6 Å². The fourth-order valence-corrected chi connectivity index (χ4v) is 2.72. The van der Waals surface area contributed by atoms with Crippen molar-refractivity contribution in [3.8, 4) is 5.69 Å². The highest BCUT2D eigenvalue weighted by molar-refractivity contribution is 5.95. The summed E-state index contributed by atoms with van der Waals surface area (Å²) in [6, 6.07) is 9.09. The van der Waals surface area contributed by atoms with Crippen molar-refractivity contribution in [2.45, 2.75) is 13.8 Å². The van der Waals surface area contributed by atoms with Crippen LogP contribution in [0.4, 0.5) is 5.82 Å². The van der Waals surface area contributed by atoms with Crippen LogP contribution in [0.25, 0.3) is 5.69 Å². The molecule has 7 heteroatoms. The Bertz CT molecular complexity index is 999. The number of hydrogen-bond donors (Lipinski definition) is 2. The SMILES string of the molecule is Cc1cccnc1NCCNC(=O)c1c(C)ccn(-c2cccnc2)c1=O. The van der Waals surface area contributed by atoms with Crippen LogP contribution in [-0.4, -0.2) is 33.5 Å². The van der Waals surface area contributed by atoms with E-state index in [9.17, 15) is 9.59 Å². The van der Waals surface area contributed by atoms with Crippen molar-refractivity contribution >= 4 is 11.7 Å². The van der Waals surface area contributed by atoms with Crippen LogP contribution >= 0.6 is 0 Å². The quantitative estimate of drug-likeness (QED) is 0.655. The number of rotatable bonds is 6. The first-order valence-corrected chi connectivity index (χ1v) is 8.64. The Kier molecular flexibility index (Phi) is 5.61. The summed E-state index contributed by atoms with van der Waals surface area (Å²) in [5.41, 5.74) is 2.04. The smallest absolute Gasteiger partial charge is 0.268 e. The van der Waals surface area contributed by atoms with Crippen molar-refractivity contribution in [1.82, 2.24) is 19.9 Å². The Labute approximate surface area is 157 Å². The van der Waals surface area contributed by atoms with Crippen LogP contribution in [0.1, 0.15) is 21.5 Å². The van der Waals surface area contributed by atoms with Gasteiger partial charge in [0.25, 0.3) is 11.5 Å². The predicted molar refractivity (Wildman–Crippen MR) is 104 cm³/mol. The highest BCUT2D eigenvalue weighted by atomic mass is 16.2. The van der Waals surface area contributed by atoms with Crippen LogP contribution in [-0.2, 0) is 0 Å². The third-order valence-corrected chi connectivity index (χ3v) is 4.16. The maximum atomic E-state index is 12.8. The molecule has 0 aliphatic rings. The second kappa shape index (κ2) is 8.27. The molecule has 0 aliphatic carbocycles. The lowest BCUT2D eigenvalue weighted by molar-refractivity contribution is 0.0952. The molecule has 3 aromatic heterocycles. The molecule has 7 nitrogen and oxygen atoms in total. The third kappa shape index (κ3) is 4.20. The lowest BCUT2D eigenvalue weighted by Gasteiger charge is -2.12. The van der Waals surface area contributed by atoms with Crippen molar-refractivity contribution in [2.24, 2.45) is 0 Å². The lowest BCUT2D eigenvalue weighted by atomic mass is 10.1. The zero-order valence-corrected chi connectivity index (χ0v) is 15.3. The molecular weight excluding hydrogens is 342 g/mol. The van der Waals surface area contributed by atoms with Gasteiger partial charge in [0.15, 0.2) is 0 Å². The molecule has 27 heavy (non-hydrogen) atoms. The number of carbonyl (C=O) groups is 1. The second-order valence-corrected chi connectivity index (χ2v) is 6.11. The van der Waals surface area contributed by atoms with Crippen LogP contribution in [0.5, 0.6) is 0 Å². The van der Waals surface area contributed by atoms with Crippen molar-refractivity contribution in [2.75, 3.05) is 18.4 Å². The van der Waals surface area contributed by atoms with E-state index in [-0.39, 0.29) is 11.1 Å². The Hall–Kier alpha value is -3.48. The average Bonchev–Trinajstić information content (AvgIpc) is 2.67. The predicted octanol–water partition coefficient (Wildman–Crippen LogP) is 2.09. The molecule has 138 valence electrons. The number of nitrogens with one attached hydrogen (secondary N) is 2. The van der Waals surface area contributed by atoms with Gasteiger partial charge in [0, 0.05) is 31.7 Å². The van der Waals surface area contributed by atoms with Crippen molar-refractivity contribution < 1.29 is 4.79 Å². The summed E-state index contributed by atoms with van der Waals surface area (Å²) in [6.45, 7) is 4.59. The molecule has 0 aliphatic heterocycles. The number of carbonyl (C=O) groups excluding carboxylic acids is 1. The first kappa shape index (κ1) is 18.3. The van der Waals surface area contributed by atoms with E-state index in [1.165, 1.54) is 4.57 Å². The summed E-state index contributed by atoms with van der Waals surface area (Å²) in [5.74, 6) is 0.386. The standard InChI is InChI=1S/C20H21N5O2/c1-14-7-12-25(16-6-4-8-21-13-16)20(27)17(14)19(26)24-11-10-23-18-15(2)5-3-9-22-18/h3-9,12-13H,10-11H2,1-2H3,(H,22,23)(H,24,26). The summed E-state index contributed by atoms with van der Waals surface area (Å²) < 4.78 is 1.42. The number of amides is 1. The topological polar surface area (TPSA) is 88.9 Å². The molecule has 0 radical (unpaired) electrons. The molecule has 0 saturated heterocycles. The summed E-state index contributed by atoms with van der Waals surface area (Å²) >= 11 is 0. The number of anilines is 1. The van der Waals surface area contributed by atoms with E-state index in [0.717, 1.165) is 11.4 Å². The van der Waals surface area contributed by atoms with E-state index < -0.39 is 5.91 Å². The van der Waals surface area contributed by atoms with Crippen LogP contribution in [0.2, 0.25) is 0 Å². The van der Waals surface area contributed by atoms with E-state index in [4.69, 9.17) is 0 Å². The van der Waals surface area contributed by atoms with Gasteiger partial charge in [0.1, 0.15) is 11.4 Å². The summed E-state index contributed by atoms with van der Waals surface area (Å²) in [4.78, 5) is 33.6. The maximum absolute atomic E-state index is 12.8. The zero-order valence-electron chi connectivity index (χ0n) is 15.3. The number of pyridine rings is 3. The summed E-state index contributed by atoms with van der Waals surface area (Å²) in [5, 5.41) is 5.96. The van der Waals surface area contributed by atoms with Crippen molar-refractivity contribution in [3.05, 3.63) is 82.2 Å². The van der Waals surface area contributed by atoms with Gasteiger partial charge in [-0.1, -0.05) is 6.07 Å². The molecule has 2 N–H and O–H groups in total. The fraction of sp³-hybridized carbons (Fsp3) is 0.200. The molecule has 0 spiro atoms. The average molecular weight is 363 g/mol.